The molecule has 0 fully saturated rings. The quantitative estimate of drug-likeness (QED) is 0.745. The van der Waals surface area contributed by atoms with E-state index in [4.69, 9.17) is 0 Å². The first-order chi connectivity index (χ1) is 7.22. The third kappa shape index (κ3) is 1.85. The highest BCUT2D eigenvalue weighted by Gasteiger charge is 2.11. The number of esters is 1. The second kappa shape index (κ2) is 3.98. The highest BCUT2D eigenvalue weighted by atomic mass is 79.9. The number of carbonyl (C=O) groups excluding carboxylic acids is 1. The first kappa shape index (κ1) is 10.1. The third-order valence-electron chi connectivity index (χ3n) is 2.11. The molecule has 3 nitrogen and oxygen atoms in total. The van der Waals surface area contributed by atoms with Gasteiger partial charge in [-0.1, -0.05) is 22.0 Å². The van der Waals surface area contributed by atoms with Crippen molar-refractivity contribution in [2.24, 2.45) is 0 Å². The molecule has 0 amide bonds. The normalized spacial score (nSPS) is 10.3. The smallest absolute Gasteiger partial charge is 0.357 e. The minimum Gasteiger partial charge on any atom is -0.464 e. The second-order valence-corrected chi connectivity index (χ2v) is 3.93. The van der Waals surface area contributed by atoms with Gasteiger partial charge >= 0.3 is 5.97 Å². The molecule has 0 unspecified atom stereocenters. The topological polar surface area (TPSA) is 39.2 Å². The number of pyridine rings is 1. The number of carbonyl (C=O) groups is 1. The minimum absolute atomic E-state index is 0.350. The van der Waals surface area contributed by atoms with Gasteiger partial charge in [0.05, 0.1) is 7.11 Å². The van der Waals surface area contributed by atoms with Gasteiger partial charge in [-0.15, -0.1) is 0 Å². The summed E-state index contributed by atoms with van der Waals surface area (Å²) in [6.07, 6.45) is 1.60. The summed E-state index contributed by atoms with van der Waals surface area (Å²) in [4.78, 5) is 15.4. The molecule has 0 N–H and O–H groups in total. The SMILES string of the molecule is COC(=O)c1nccc2cc(Br)ccc12. The second-order valence-electron chi connectivity index (χ2n) is 3.02. The molecular formula is C11H8BrNO2. The van der Waals surface area contributed by atoms with Crippen molar-refractivity contribution in [3.05, 3.63) is 40.6 Å². The molecule has 2 aromatic rings. The van der Waals surface area contributed by atoms with Crippen molar-refractivity contribution in [1.29, 1.82) is 0 Å². The number of fused-ring (bicyclic) bond motifs is 1. The molecule has 1 aromatic carbocycles. The molecule has 76 valence electrons. The first-order valence-electron chi connectivity index (χ1n) is 4.35. The molecule has 0 saturated heterocycles. The molecule has 0 spiro atoms. The summed E-state index contributed by atoms with van der Waals surface area (Å²) in [5, 5.41) is 1.76. The fourth-order valence-corrected chi connectivity index (χ4v) is 1.79. The van der Waals surface area contributed by atoms with Gasteiger partial charge in [-0.25, -0.2) is 9.78 Å². The van der Waals surface area contributed by atoms with Crippen LogP contribution in [0.3, 0.4) is 0 Å². The number of halogens is 1. The number of nitrogens with zero attached hydrogens (tertiary/aromatic N) is 1. The van der Waals surface area contributed by atoms with Crippen LogP contribution in [0.15, 0.2) is 34.9 Å². The first-order valence-corrected chi connectivity index (χ1v) is 5.14. The highest BCUT2D eigenvalue weighted by Crippen LogP contribution is 2.21. The van der Waals surface area contributed by atoms with Crippen LogP contribution in [0.5, 0.6) is 0 Å². The molecule has 1 aromatic heterocycles. The Kier molecular flexibility index (Phi) is 2.68. The number of benzene rings is 1. The van der Waals surface area contributed by atoms with Gasteiger partial charge in [0.15, 0.2) is 5.69 Å². The van der Waals surface area contributed by atoms with Crippen molar-refractivity contribution in [3.8, 4) is 0 Å². The monoisotopic (exact) mass is 265 g/mol. The Morgan fingerprint density at radius 2 is 2.20 bits per heavy atom. The van der Waals surface area contributed by atoms with E-state index in [1.165, 1.54) is 7.11 Å². The molecule has 0 saturated carbocycles. The lowest BCUT2D eigenvalue weighted by molar-refractivity contribution is 0.0596. The molecule has 0 aliphatic carbocycles. The fraction of sp³-hybridized carbons (Fsp3) is 0.0909. The van der Waals surface area contributed by atoms with Gasteiger partial charge in [-0.3, -0.25) is 0 Å². The maximum atomic E-state index is 11.4. The molecule has 4 heteroatoms. The Bertz CT molecular complexity index is 525. The number of hydrogen-bond acceptors (Lipinski definition) is 3. The molecule has 2 rings (SSSR count). The molecule has 15 heavy (non-hydrogen) atoms. The molecule has 0 aliphatic rings. The number of hydrogen-bond donors (Lipinski definition) is 0. The van der Waals surface area contributed by atoms with Crippen LogP contribution in [-0.2, 0) is 4.74 Å². The molecule has 0 atom stereocenters. The van der Waals surface area contributed by atoms with Crippen LogP contribution >= 0.6 is 15.9 Å². The molecular weight excluding hydrogens is 258 g/mol. The summed E-state index contributed by atoms with van der Waals surface area (Å²) in [5.74, 6) is -0.414. The van der Waals surface area contributed by atoms with Crippen molar-refractivity contribution in [2.75, 3.05) is 7.11 Å². The van der Waals surface area contributed by atoms with E-state index in [2.05, 4.69) is 25.7 Å². The summed E-state index contributed by atoms with van der Waals surface area (Å²) in [6, 6.07) is 7.51. The van der Waals surface area contributed by atoms with E-state index in [1.807, 2.05) is 24.3 Å². The molecule has 0 bridgehead atoms. The van der Waals surface area contributed by atoms with Gasteiger partial charge in [-0.05, 0) is 23.6 Å². The Hall–Kier alpha value is -1.42. The summed E-state index contributed by atoms with van der Waals surface area (Å²) >= 11 is 3.37. The molecule has 0 radical (unpaired) electrons. The molecule has 0 aliphatic heterocycles. The van der Waals surface area contributed by atoms with Crippen molar-refractivity contribution in [2.45, 2.75) is 0 Å². The number of methoxy groups -OCH3 is 1. The lowest BCUT2D eigenvalue weighted by atomic mass is 10.1. The lowest BCUT2D eigenvalue weighted by Crippen LogP contribution is -2.04. The van der Waals surface area contributed by atoms with Gasteiger partial charge < -0.3 is 4.74 Å². The van der Waals surface area contributed by atoms with Crippen LogP contribution in [-0.4, -0.2) is 18.1 Å². The maximum Gasteiger partial charge on any atom is 0.357 e. The van der Waals surface area contributed by atoms with Crippen LogP contribution in [0.25, 0.3) is 10.8 Å². The van der Waals surface area contributed by atoms with Crippen LogP contribution in [0.2, 0.25) is 0 Å². The van der Waals surface area contributed by atoms with Crippen molar-refractivity contribution in [1.82, 2.24) is 4.98 Å². The third-order valence-corrected chi connectivity index (χ3v) is 2.60. The predicted octanol–water partition coefficient (Wildman–Crippen LogP) is 2.78. The standard InChI is InChI=1S/C11H8BrNO2/c1-15-11(14)10-9-3-2-8(12)6-7(9)4-5-13-10/h2-6H,1H3. The van der Waals surface area contributed by atoms with Crippen molar-refractivity contribution in [3.63, 3.8) is 0 Å². The van der Waals surface area contributed by atoms with Crippen molar-refractivity contribution < 1.29 is 9.53 Å². The zero-order chi connectivity index (χ0) is 10.8. The van der Waals surface area contributed by atoms with E-state index in [0.717, 1.165) is 15.2 Å². The van der Waals surface area contributed by atoms with Crippen LogP contribution in [0.1, 0.15) is 10.5 Å². The summed E-state index contributed by atoms with van der Waals surface area (Å²) in [6.45, 7) is 0. The number of aromatic nitrogens is 1. The van der Waals surface area contributed by atoms with Gasteiger partial charge in [0.1, 0.15) is 0 Å². The fourth-order valence-electron chi connectivity index (χ4n) is 1.41. The van der Waals surface area contributed by atoms with Gasteiger partial charge in [0.2, 0.25) is 0 Å². The van der Waals surface area contributed by atoms with Crippen LogP contribution in [0.4, 0.5) is 0 Å². The summed E-state index contributed by atoms with van der Waals surface area (Å²) in [7, 11) is 1.35. The van der Waals surface area contributed by atoms with E-state index in [0.29, 0.717) is 5.69 Å². The van der Waals surface area contributed by atoms with Gasteiger partial charge in [0, 0.05) is 16.1 Å². The average molecular weight is 266 g/mol. The van der Waals surface area contributed by atoms with E-state index in [1.54, 1.807) is 6.20 Å². The van der Waals surface area contributed by atoms with Crippen molar-refractivity contribution >= 4 is 32.7 Å². The van der Waals surface area contributed by atoms with Gasteiger partial charge in [0.25, 0.3) is 0 Å². The maximum absolute atomic E-state index is 11.4. The zero-order valence-electron chi connectivity index (χ0n) is 8.03. The Labute approximate surface area is 95.2 Å². The summed E-state index contributed by atoms with van der Waals surface area (Å²) in [5.41, 5.74) is 0.350. The number of rotatable bonds is 1. The van der Waals surface area contributed by atoms with E-state index in [9.17, 15) is 4.79 Å². The van der Waals surface area contributed by atoms with E-state index >= 15 is 0 Å². The van der Waals surface area contributed by atoms with Crippen LogP contribution < -0.4 is 0 Å². The summed E-state index contributed by atoms with van der Waals surface area (Å²) < 4.78 is 5.63. The zero-order valence-corrected chi connectivity index (χ0v) is 9.61. The van der Waals surface area contributed by atoms with Crippen LogP contribution in [0, 0.1) is 0 Å². The lowest BCUT2D eigenvalue weighted by Gasteiger charge is -2.03. The molecule has 1 heterocycles. The minimum atomic E-state index is -0.414. The highest BCUT2D eigenvalue weighted by molar-refractivity contribution is 9.10. The largest absolute Gasteiger partial charge is 0.464 e. The van der Waals surface area contributed by atoms with E-state index < -0.39 is 5.97 Å². The number of ether oxygens (including phenoxy) is 1. The Balaban J connectivity index is 2.71. The predicted molar refractivity (Wildman–Crippen MR) is 60.8 cm³/mol. The average Bonchev–Trinajstić information content (AvgIpc) is 2.26. The van der Waals surface area contributed by atoms with Gasteiger partial charge in [-0.2, -0.15) is 0 Å². The van der Waals surface area contributed by atoms with E-state index in [-0.39, 0.29) is 0 Å². The Morgan fingerprint density at radius 1 is 1.40 bits per heavy atom. The Morgan fingerprint density at radius 3 is 2.93 bits per heavy atom.